The SMILES string of the molecule is CC[C@H](C)N1CC2=C(C1=O)[C@H](c1ccccc1F)NC(=O)N2C. The molecule has 0 radical (unpaired) electrons. The van der Waals surface area contributed by atoms with E-state index in [-0.39, 0.29) is 18.0 Å². The van der Waals surface area contributed by atoms with Crippen LogP contribution in [0.1, 0.15) is 31.9 Å². The van der Waals surface area contributed by atoms with Crippen LogP contribution < -0.4 is 5.32 Å². The second-order valence-corrected chi connectivity index (χ2v) is 6.01. The molecule has 2 aliphatic rings. The molecule has 23 heavy (non-hydrogen) atoms. The van der Waals surface area contributed by atoms with E-state index in [0.29, 0.717) is 23.4 Å². The van der Waals surface area contributed by atoms with E-state index in [0.717, 1.165) is 6.42 Å². The van der Waals surface area contributed by atoms with Crippen molar-refractivity contribution in [1.29, 1.82) is 0 Å². The number of halogens is 1. The van der Waals surface area contributed by atoms with Gasteiger partial charge in [-0.3, -0.25) is 9.69 Å². The van der Waals surface area contributed by atoms with Crippen LogP contribution in [0.2, 0.25) is 0 Å². The molecule has 3 rings (SSSR count). The molecule has 0 saturated carbocycles. The molecular weight excluding hydrogens is 297 g/mol. The summed E-state index contributed by atoms with van der Waals surface area (Å²) < 4.78 is 14.2. The summed E-state index contributed by atoms with van der Waals surface area (Å²) in [6.45, 7) is 4.37. The lowest BCUT2D eigenvalue weighted by atomic mass is 9.95. The van der Waals surface area contributed by atoms with E-state index < -0.39 is 11.9 Å². The maximum absolute atomic E-state index is 14.2. The van der Waals surface area contributed by atoms with E-state index in [9.17, 15) is 14.0 Å². The Kier molecular flexibility index (Phi) is 3.83. The van der Waals surface area contributed by atoms with Crippen molar-refractivity contribution in [2.24, 2.45) is 0 Å². The van der Waals surface area contributed by atoms with Gasteiger partial charge in [0.15, 0.2) is 0 Å². The molecule has 122 valence electrons. The third-order valence-electron chi connectivity index (χ3n) is 4.73. The van der Waals surface area contributed by atoms with E-state index >= 15 is 0 Å². The molecule has 3 amide bonds. The summed E-state index contributed by atoms with van der Waals surface area (Å²) in [7, 11) is 1.63. The van der Waals surface area contributed by atoms with Gasteiger partial charge < -0.3 is 10.2 Å². The molecule has 2 heterocycles. The maximum atomic E-state index is 14.2. The minimum absolute atomic E-state index is 0.0675. The van der Waals surface area contributed by atoms with Gasteiger partial charge in [0.05, 0.1) is 23.9 Å². The molecular formula is C17H20FN3O2. The number of nitrogens with zero attached hydrogens (tertiary/aromatic N) is 2. The van der Waals surface area contributed by atoms with E-state index in [1.165, 1.54) is 11.0 Å². The molecule has 2 atom stereocenters. The molecule has 0 saturated heterocycles. The van der Waals surface area contributed by atoms with Crippen LogP contribution >= 0.6 is 0 Å². The van der Waals surface area contributed by atoms with E-state index in [4.69, 9.17) is 0 Å². The number of carbonyl (C=O) groups excluding carboxylic acids is 2. The number of benzene rings is 1. The number of urea groups is 1. The Morgan fingerprint density at radius 3 is 2.70 bits per heavy atom. The van der Waals surface area contributed by atoms with E-state index in [1.807, 2.05) is 13.8 Å². The number of rotatable bonds is 3. The number of hydrogen-bond donors (Lipinski definition) is 1. The smallest absolute Gasteiger partial charge is 0.322 e. The lowest BCUT2D eigenvalue weighted by molar-refractivity contribution is -0.127. The van der Waals surface area contributed by atoms with Crippen molar-refractivity contribution in [2.45, 2.75) is 32.4 Å². The van der Waals surface area contributed by atoms with Gasteiger partial charge in [0.1, 0.15) is 5.82 Å². The summed E-state index contributed by atoms with van der Waals surface area (Å²) >= 11 is 0. The van der Waals surface area contributed by atoms with Gasteiger partial charge in [0, 0.05) is 18.7 Å². The molecule has 1 aromatic carbocycles. The molecule has 0 bridgehead atoms. The Morgan fingerprint density at radius 1 is 1.35 bits per heavy atom. The third-order valence-corrected chi connectivity index (χ3v) is 4.73. The van der Waals surface area contributed by atoms with Gasteiger partial charge in [0.2, 0.25) is 0 Å². The highest BCUT2D eigenvalue weighted by atomic mass is 19.1. The summed E-state index contributed by atoms with van der Waals surface area (Å²) in [5.74, 6) is -0.557. The molecule has 2 aliphatic heterocycles. The average molecular weight is 317 g/mol. The van der Waals surface area contributed by atoms with Crippen LogP contribution in [0.5, 0.6) is 0 Å². The first-order valence-electron chi connectivity index (χ1n) is 7.78. The largest absolute Gasteiger partial charge is 0.330 e. The molecule has 5 nitrogen and oxygen atoms in total. The highest BCUT2D eigenvalue weighted by molar-refractivity contribution is 6.01. The van der Waals surface area contributed by atoms with Crippen LogP contribution in [0.4, 0.5) is 9.18 Å². The van der Waals surface area contributed by atoms with Crippen molar-refractivity contribution in [3.8, 4) is 0 Å². The molecule has 1 N–H and O–H groups in total. The molecule has 6 heteroatoms. The van der Waals surface area contributed by atoms with Gasteiger partial charge in [-0.1, -0.05) is 25.1 Å². The predicted octanol–water partition coefficient (Wildman–Crippen LogP) is 2.42. The molecule has 0 aromatic heterocycles. The number of hydrogen-bond acceptors (Lipinski definition) is 2. The van der Waals surface area contributed by atoms with Crippen LogP contribution in [0, 0.1) is 5.82 Å². The van der Waals surface area contributed by atoms with Gasteiger partial charge in [-0.25, -0.2) is 9.18 Å². The zero-order valence-electron chi connectivity index (χ0n) is 13.5. The summed E-state index contributed by atoms with van der Waals surface area (Å²) in [4.78, 5) is 28.3. The first-order valence-corrected chi connectivity index (χ1v) is 7.78. The molecule has 0 fully saturated rings. The van der Waals surface area contributed by atoms with Crippen molar-refractivity contribution in [3.05, 3.63) is 46.9 Å². The van der Waals surface area contributed by atoms with Crippen LogP contribution in [-0.2, 0) is 4.79 Å². The van der Waals surface area contributed by atoms with Crippen LogP contribution in [0.3, 0.4) is 0 Å². The zero-order chi connectivity index (χ0) is 16.7. The van der Waals surface area contributed by atoms with Crippen molar-refractivity contribution in [3.63, 3.8) is 0 Å². The Labute approximate surface area is 134 Å². The van der Waals surface area contributed by atoms with Crippen molar-refractivity contribution in [1.82, 2.24) is 15.1 Å². The first kappa shape index (κ1) is 15.5. The summed E-state index contributed by atoms with van der Waals surface area (Å²) in [6.07, 6.45) is 0.821. The predicted molar refractivity (Wildman–Crippen MR) is 83.9 cm³/mol. The first-order chi connectivity index (χ1) is 11.0. The van der Waals surface area contributed by atoms with Crippen LogP contribution in [0.25, 0.3) is 0 Å². The molecule has 0 aliphatic carbocycles. The number of amides is 3. The second kappa shape index (κ2) is 5.68. The Morgan fingerprint density at radius 2 is 2.04 bits per heavy atom. The molecule has 0 unspecified atom stereocenters. The quantitative estimate of drug-likeness (QED) is 0.931. The van der Waals surface area contributed by atoms with Crippen molar-refractivity contribution < 1.29 is 14.0 Å². The molecule has 1 aromatic rings. The van der Waals surface area contributed by atoms with Gasteiger partial charge in [-0.2, -0.15) is 0 Å². The zero-order valence-corrected chi connectivity index (χ0v) is 13.5. The topological polar surface area (TPSA) is 52.7 Å². The Hall–Kier alpha value is -2.37. The lowest BCUT2D eigenvalue weighted by Crippen LogP contribution is -2.45. The molecule has 0 spiro atoms. The van der Waals surface area contributed by atoms with Gasteiger partial charge in [-0.05, 0) is 19.4 Å². The Balaban J connectivity index is 2.07. The fourth-order valence-corrected chi connectivity index (χ4v) is 3.11. The standard InChI is InChI=1S/C17H20FN3O2/c1-4-10(2)21-9-13-14(16(21)22)15(19-17(23)20(13)3)11-7-5-6-8-12(11)18/h5-8,10,15H,4,9H2,1-3H3,(H,19,23)/t10-,15-/m0/s1. The lowest BCUT2D eigenvalue weighted by Gasteiger charge is -2.31. The van der Waals surface area contributed by atoms with E-state index in [2.05, 4.69) is 5.32 Å². The van der Waals surface area contributed by atoms with Crippen molar-refractivity contribution in [2.75, 3.05) is 13.6 Å². The number of nitrogens with one attached hydrogen (secondary N) is 1. The third kappa shape index (κ3) is 2.38. The highest BCUT2D eigenvalue weighted by Gasteiger charge is 2.44. The van der Waals surface area contributed by atoms with Gasteiger partial charge >= 0.3 is 6.03 Å². The fraction of sp³-hybridized carbons (Fsp3) is 0.412. The summed E-state index contributed by atoms with van der Waals surface area (Å²) in [5, 5.41) is 2.74. The Bertz CT molecular complexity index is 701. The maximum Gasteiger partial charge on any atom is 0.322 e. The minimum atomic E-state index is -0.739. The van der Waals surface area contributed by atoms with Gasteiger partial charge in [-0.15, -0.1) is 0 Å². The average Bonchev–Trinajstić information content (AvgIpc) is 2.89. The fourth-order valence-electron chi connectivity index (χ4n) is 3.11. The normalized spacial score (nSPS) is 22.3. The van der Waals surface area contributed by atoms with Crippen molar-refractivity contribution >= 4 is 11.9 Å². The van der Waals surface area contributed by atoms with Crippen LogP contribution in [0.15, 0.2) is 35.5 Å². The summed E-state index contributed by atoms with van der Waals surface area (Å²) in [6, 6.07) is 5.24. The van der Waals surface area contributed by atoms with Crippen LogP contribution in [-0.4, -0.2) is 41.4 Å². The van der Waals surface area contributed by atoms with E-state index in [1.54, 1.807) is 30.1 Å². The number of carbonyl (C=O) groups is 2. The highest BCUT2D eigenvalue weighted by Crippen LogP contribution is 2.37. The number of likely N-dealkylation sites (N-methyl/N-ethyl adjacent to an activating group) is 1. The summed E-state index contributed by atoms with van der Waals surface area (Å²) in [5.41, 5.74) is 1.45. The second-order valence-electron chi connectivity index (χ2n) is 6.01. The minimum Gasteiger partial charge on any atom is -0.330 e. The van der Waals surface area contributed by atoms with Gasteiger partial charge in [0.25, 0.3) is 5.91 Å². The monoisotopic (exact) mass is 317 g/mol.